The Balaban J connectivity index is 1.94. The topological polar surface area (TPSA) is 89.9 Å². The zero-order valence-electron chi connectivity index (χ0n) is 9.10. The van der Waals surface area contributed by atoms with Crippen molar-refractivity contribution in [3.63, 3.8) is 0 Å². The fourth-order valence-corrected chi connectivity index (χ4v) is 1.76. The minimum Gasteiger partial charge on any atom is -0.406 e. The van der Waals surface area contributed by atoms with Crippen LogP contribution in [-0.4, -0.2) is 15.2 Å². The molecule has 1 atom stereocenters. The Kier molecular flexibility index (Phi) is 3.16. The van der Waals surface area contributed by atoms with Gasteiger partial charge in [0.1, 0.15) is 0 Å². The molecular formula is C9H13N5OS. The molecule has 0 fully saturated rings. The van der Waals surface area contributed by atoms with E-state index in [0.717, 1.165) is 10.7 Å². The fourth-order valence-electron chi connectivity index (χ4n) is 1.15. The van der Waals surface area contributed by atoms with Gasteiger partial charge < -0.3 is 15.5 Å². The number of hydrogen-bond donors (Lipinski definition) is 2. The molecule has 16 heavy (non-hydrogen) atoms. The van der Waals surface area contributed by atoms with Crippen LogP contribution in [0.15, 0.2) is 9.80 Å². The van der Waals surface area contributed by atoms with Gasteiger partial charge in [0.2, 0.25) is 5.89 Å². The van der Waals surface area contributed by atoms with Gasteiger partial charge in [-0.1, -0.05) is 5.10 Å². The summed E-state index contributed by atoms with van der Waals surface area (Å²) in [6, 6.07) is 0.127. The zero-order valence-corrected chi connectivity index (χ0v) is 9.91. The highest BCUT2D eigenvalue weighted by Gasteiger charge is 2.09. The van der Waals surface area contributed by atoms with E-state index in [9.17, 15) is 0 Å². The van der Waals surface area contributed by atoms with Gasteiger partial charge in [-0.2, -0.15) is 0 Å². The minimum atomic E-state index is -0.246. The highest BCUT2D eigenvalue weighted by atomic mass is 32.1. The Hall–Kier alpha value is -1.47. The van der Waals surface area contributed by atoms with Crippen LogP contribution in [-0.2, 0) is 6.54 Å². The molecule has 0 aliphatic carbocycles. The van der Waals surface area contributed by atoms with E-state index < -0.39 is 0 Å². The van der Waals surface area contributed by atoms with Crippen molar-refractivity contribution in [1.82, 2.24) is 15.2 Å². The lowest BCUT2D eigenvalue weighted by atomic mass is 10.4. The summed E-state index contributed by atoms with van der Waals surface area (Å²) >= 11 is 1.61. The molecule has 2 heterocycles. The molecule has 0 aliphatic heterocycles. The van der Waals surface area contributed by atoms with Gasteiger partial charge in [-0.15, -0.1) is 16.4 Å². The number of aromatic nitrogens is 3. The quantitative estimate of drug-likeness (QED) is 0.839. The summed E-state index contributed by atoms with van der Waals surface area (Å²) in [5.74, 6) is 0.428. The maximum absolute atomic E-state index is 5.60. The van der Waals surface area contributed by atoms with Crippen molar-refractivity contribution in [3.8, 4) is 0 Å². The Morgan fingerprint density at radius 2 is 2.38 bits per heavy atom. The first-order chi connectivity index (χ1) is 7.65. The molecule has 2 aromatic rings. The Labute approximate surface area is 96.9 Å². The van der Waals surface area contributed by atoms with Gasteiger partial charge in [0, 0.05) is 5.38 Å². The fraction of sp³-hybridized carbons (Fsp3) is 0.444. The molecule has 0 saturated carbocycles. The van der Waals surface area contributed by atoms with Crippen LogP contribution in [0.5, 0.6) is 0 Å². The average Bonchev–Trinajstić information content (AvgIpc) is 2.83. The van der Waals surface area contributed by atoms with E-state index in [1.165, 1.54) is 0 Å². The first-order valence-corrected chi connectivity index (χ1v) is 5.77. The van der Waals surface area contributed by atoms with Crippen molar-refractivity contribution in [2.24, 2.45) is 5.73 Å². The normalized spacial score (nSPS) is 12.7. The molecule has 2 aromatic heterocycles. The third-order valence-corrected chi connectivity index (χ3v) is 2.74. The predicted octanol–water partition coefficient (Wildman–Crippen LogP) is 1.47. The van der Waals surface area contributed by atoms with Crippen LogP contribution in [0.25, 0.3) is 0 Å². The maximum atomic E-state index is 5.60. The van der Waals surface area contributed by atoms with Crippen molar-refractivity contribution in [3.05, 3.63) is 22.0 Å². The lowest BCUT2D eigenvalue weighted by Crippen LogP contribution is -2.04. The number of anilines is 1. The van der Waals surface area contributed by atoms with Gasteiger partial charge in [0.15, 0.2) is 0 Å². The van der Waals surface area contributed by atoms with Crippen LogP contribution in [0.4, 0.5) is 6.01 Å². The molecule has 0 spiro atoms. The highest BCUT2D eigenvalue weighted by Crippen LogP contribution is 2.13. The zero-order chi connectivity index (χ0) is 11.5. The van der Waals surface area contributed by atoms with Crippen LogP contribution in [0, 0.1) is 6.92 Å². The molecular weight excluding hydrogens is 226 g/mol. The van der Waals surface area contributed by atoms with Crippen molar-refractivity contribution in [2.45, 2.75) is 26.4 Å². The second kappa shape index (κ2) is 4.58. The summed E-state index contributed by atoms with van der Waals surface area (Å²) in [4.78, 5) is 4.31. The van der Waals surface area contributed by atoms with E-state index in [1.54, 1.807) is 18.3 Å². The number of nitrogens with zero attached hydrogens (tertiary/aromatic N) is 3. The Morgan fingerprint density at radius 3 is 2.94 bits per heavy atom. The lowest BCUT2D eigenvalue weighted by molar-refractivity contribution is 0.472. The molecule has 0 aromatic carbocycles. The largest absolute Gasteiger partial charge is 0.406 e. The molecule has 6 nitrogen and oxygen atoms in total. The summed E-state index contributed by atoms with van der Waals surface area (Å²) in [6.07, 6.45) is 0. The molecule has 0 saturated heterocycles. The molecule has 86 valence electrons. The number of thiazole rings is 1. The summed E-state index contributed by atoms with van der Waals surface area (Å²) in [5.41, 5.74) is 6.56. The number of aryl methyl sites for hydroxylation is 1. The molecule has 0 amide bonds. The Morgan fingerprint density at radius 1 is 1.56 bits per heavy atom. The first kappa shape index (κ1) is 11.0. The predicted molar refractivity (Wildman–Crippen MR) is 61.1 cm³/mol. The summed E-state index contributed by atoms with van der Waals surface area (Å²) in [6.45, 7) is 4.33. The molecule has 0 aliphatic rings. The van der Waals surface area contributed by atoms with Gasteiger partial charge in [-0.25, -0.2) is 4.98 Å². The van der Waals surface area contributed by atoms with Crippen LogP contribution < -0.4 is 11.1 Å². The average molecular weight is 239 g/mol. The summed E-state index contributed by atoms with van der Waals surface area (Å²) in [5, 5.41) is 13.7. The lowest BCUT2D eigenvalue weighted by Gasteiger charge is -1.97. The van der Waals surface area contributed by atoms with Crippen LogP contribution >= 0.6 is 11.3 Å². The van der Waals surface area contributed by atoms with E-state index in [2.05, 4.69) is 20.5 Å². The molecule has 0 radical (unpaired) electrons. The highest BCUT2D eigenvalue weighted by molar-refractivity contribution is 7.09. The van der Waals surface area contributed by atoms with Gasteiger partial charge in [0.05, 0.1) is 23.3 Å². The molecule has 3 N–H and O–H groups in total. The van der Waals surface area contributed by atoms with Crippen LogP contribution in [0.3, 0.4) is 0 Å². The van der Waals surface area contributed by atoms with Crippen molar-refractivity contribution in [1.29, 1.82) is 0 Å². The third kappa shape index (κ3) is 2.56. The molecule has 0 bridgehead atoms. The van der Waals surface area contributed by atoms with Gasteiger partial charge >= 0.3 is 6.01 Å². The van der Waals surface area contributed by atoms with Crippen molar-refractivity contribution in [2.75, 3.05) is 5.32 Å². The second-order valence-electron chi connectivity index (χ2n) is 3.45. The Bertz CT molecular complexity index is 464. The molecule has 2 rings (SSSR count). The standard InChI is InChI=1S/C9H13N5OS/c1-5(10)8-13-14-9(15-8)11-3-7-4-16-6(2)12-7/h4-5H,3,10H2,1-2H3,(H,11,14). The van der Waals surface area contributed by atoms with E-state index >= 15 is 0 Å². The van der Waals surface area contributed by atoms with Crippen molar-refractivity contribution < 1.29 is 4.42 Å². The van der Waals surface area contributed by atoms with Crippen molar-refractivity contribution >= 4 is 17.4 Å². The monoisotopic (exact) mass is 239 g/mol. The molecule has 1 unspecified atom stereocenters. The van der Waals surface area contributed by atoms with E-state index in [4.69, 9.17) is 10.2 Å². The van der Waals surface area contributed by atoms with E-state index in [1.807, 2.05) is 12.3 Å². The molecule has 7 heteroatoms. The second-order valence-corrected chi connectivity index (χ2v) is 4.51. The van der Waals surface area contributed by atoms with E-state index in [-0.39, 0.29) is 6.04 Å². The van der Waals surface area contributed by atoms with Gasteiger partial charge in [0.25, 0.3) is 0 Å². The van der Waals surface area contributed by atoms with Crippen LogP contribution in [0.2, 0.25) is 0 Å². The first-order valence-electron chi connectivity index (χ1n) is 4.89. The number of nitrogens with two attached hydrogens (primary N) is 1. The summed E-state index contributed by atoms with van der Waals surface area (Å²) < 4.78 is 5.29. The summed E-state index contributed by atoms with van der Waals surface area (Å²) in [7, 11) is 0. The van der Waals surface area contributed by atoms with Gasteiger partial charge in [-0.05, 0) is 13.8 Å². The van der Waals surface area contributed by atoms with E-state index in [0.29, 0.717) is 18.5 Å². The number of hydrogen-bond acceptors (Lipinski definition) is 7. The van der Waals surface area contributed by atoms with Crippen LogP contribution in [0.1, 0.15) is 29.6 Å². The third-order valence-electron chi connectivity index (χ3n) is 1.92. The maximum Gasteiger partial charge on any atom is 0.315 e. The minimum absolute atomic E-state index is 0.246. The van der Waals surface area contributed by atoms with Gasteiger partial charge in [-0.3, -0.25) is 0 Å². The number of nitrogens with one attached hydrogen (secondary N) is 1. The smallest absolute Gasteiger partial charge is 0.315 e. The SMILES string of the molecule is Cc1nc(CNc2nnc(C(C)N)o2)cs1. The number of rotatable bonds is 4.